The van der Waals surface area contributed by atoms with Crippen LogP contribution in [0.15, 0.2) is 36.4 Å². The fourth-order valence-electron chi connectivity index (χ4n) is 3.32. The van der Waals surface area contributed by atoms with Crippen LogP contribution in [0, 0.1) is 0 Å². The summed E-state index contributed by atoms with van der Waals surface area (Å²) in [6, 6.07) is 7.87. The van der Waals surface area contributed by atoms with Gasteiger partial charge in [-0.1, -0.05) is 12.1 Å². The summed E-state index contributed by atoms with van der Waals surface area (Å²) in [6.45, 7) is 0. The standard InChI is InChI=1S/C16H10O8.C6H14N2/c17-13(18)9-3-1-7(5-11(9)15(21)22)8-2-4-10(14(19)20)12(6-8)16(23)24;7-5-1-2-6(8)4-3-5/h1-6H,(H,17,18)(H,19,20)(H,21,22)(H,23,24);5-6H,1-4,7-8H2/t;5-,6-. The van der Waals surface area contributed by atoms with Crippen LogP contribution < -0.4 is 11.5 Å². The maximum atomic E-state index is 11.2. The van der Waals surface area contributed by atoms with Gasteiger partial charge in [-0.25, -0.2) is 19.2 Å². The number of hydrogen-bond acceptors (Lipinski definition) is 6. The van der Waals surface area contributed by atoms with Gasteiger partial charge in [-0.3, -0.25) is 0 Å². The highest BCUT2D eigenvalue weighted by Gasteiger charge is 2.20. The minimum atomic E-state index is -1.45. The second-order valence-corrected chi connectivity index (χ2v) is 7.42. The average molecular weight is 444 g/mol. The van der Waals surface area contributed by atoms with E-state index in [2.05, 4.69) is 0 Å². The molecule has 170 valence electrons. The Bertz CT molecular complexity index is 959. The molecule has 0 spiro atoms. The number of benzene rings is 2. The quantitative estimate of drug-likeness (QED) is 0.397. The van der Waals surface area contributed by atoms with Gasteiger partial charge in [0.15, 0.2) is 0 Å². The van der Waals surface area contributed by atoms with Crippen LogP contribution in [0.2, 0.25) is 0 Å². The van der Waals surface area contributed by atoms with Crippen molar-refractivity contribution in [3.05, 3.63) is 58.7 Å². The second kappa shape index (κ2) is 10.5. The number of nitrogens with two attached hydrogens (primary N) is 2. The third kappa shape index (κ3) is 6.13. The molecule has 8 N–H and O–H groups in total. The predicted octanol–water partition coefficient (Wildman–Crippen LogP) is 2.36. The largest absolute Gasteiger partial charge is 0.478 e. The van der Waals surface area contributed by atoms with E-state index in [0.29, 0.717) is 12.1 Å². The molecule has 3 rings (SSSR count). The average Bonchev–Trinajstić information content (AvgIpc) is 2.75. The fourth-order valence-corrected chi connectivity index (χ4v) is 3.32. The lowest BCUT2D eigenvalue weighted by atomic mass is 9.93. The first-order valence-corrected chi connectivity index (χ1v) is 9.74. The molecule has 0 atom stereocenters. The van der Waals surface area contributed by atoms with Crippen molar-refractivity contribution in [2.24, 2.45) is 11.5 Å². The van der Waals surface area contributed by atoms with E-state index >= 15 is 0 Å². The van der Waals surface area contributed by atoms with Crippen molar-refractivity contribution < 1.29 is 39.6 Å². The number of rotatable bonds is 5. The summed E-state index contributed by atoms with van der Waals surface area (Å²) < 4.78 is 0. The first-order chi connectivity index (χ1) is 15.0. The molecule has 0 heterocycles. The van der Waals surface area contributed by atoms with Crippen molar-refractivity contribution >= 4 is 23.9 Å². The third-order valence-corrected chi connectivity index (χ3v) is 5.11. The number of carboxylic acids is 4. The van der Waals surface area contributed by atoms with Gasteiger partial charge in [0.2, 0.25) is 0 Å². The first kappa shape index (κ1) is 24.5. The molecule has 10 nitrogen and oxygen atoms in total. The molecule has 10 heteroatoms. The molecule has 1 aliphatic carbocycles. The molecule has 0 bridgehead atoms. The SMILES string of the molecule is N[C@H]1CC[C@H](N)CC1.O=C(O)c1ccc(-c2ccc(C(=O)O)c(C(=O)O)c2)cc1C(=O)O. The maximum Gasteiger partial charge on any atom is 0.336 e. The zero-order valence-electron chi connectivity index (χ0n) is 17.0. The van der Waals surface area contributed by atoms with E-state index in [9.17, 15) is 19.2 Å². The molecule has 0 aromatic heterocycles. The highest BCUT2D eigenvalue weighted by atomic mass is 16.4. The van der Waals surface area contributed by atoms with Crippen molar-refractivity contribution in [2.45, 2.75) is 37.8 Å². The molecule has 0 radical (unpaired) electrons. The summed E-state index contributed by atoms with van der Waals surface area (Å²) in [4.78, 5) is 44.4. The van der Waals surface area contributed by atoms with E-state index in [-0.39, 0.29) is 11.1 Å². The van der Waals surface area contributed by atoms with Gasteiger partial charge in [-0.15, -0.1) is 0 Å². The molecule has 2 aromatic carbocycles. The molecule has 2 aromatic rings. The summed E-state index contributed by atoms with van der Waals surface area (Å²) in [5, 5.41) is 36.2. The Balaban J connectivity index is 0.000000380. The Labute approximate surface area is 183 Å². The minimum absolute atomic E-state index is 0.247. The normalized spacial score (nSPS) is 17.6. The van der Waals surface area contributed by atoms with Gasteiger partial charge in [0, 0.05) is 12.1 Å². The van der Waals surface area contributed by atoms with E-state index in [0.717, 1.165) is 49.9 Å². The fraction of sp³-hybridized carbons (Fsp3) is 0.273. The van der Waals surface area contributed by atoms with Crippen LogP contribution in [0.4, 0.5) is 0 Å². The smallest absolute Gasteiger partial charge is 0.336 e. The lowest BCUT2D eigenvalue weighted by Gasteiger charge is -2.22. The second-order valence-electron chi connectivity index (χ2n) is 7.42. The third-order valence-electron chi connectivity index (χ3n) is 5.11. The van der Waals surface area contributed by atoms with Crippen molar-refractivity contribution in [1.82, 2.24) is 0 Å². The van der Waals surface area contributed by atoms with E-state index in [1.165, 1.54) is 12.1 Å². The Hall–Kier alpha value is -3.76. The number of hydrogen-bond donors (Lipinski definition) is 6. The number of carboxylic acid groups (broad SMARTS) is 4. The van der Waals surface area contributed by atoms with Gasteiger partial charge >= 0.3 is 23.9 Å². The number of carbonyl (C=O) groups is 4. The van der Waals surface area contributed by atoms with Gasteiger partial charge in [0.1, 0.15) is 0 Å². The molecule has 0 unspecified atom stereocenters. The molecule has 0 amide bonds. The molecule has 1 fully saturated rings. The van der Waals surface area contributed by atoms with Crippen molar-refractivity contribution in [1.29, 1.82) is 0 Å². The Morgan fingerprint density at radius 3 is 1.09 bits per heavy atom. The van der Waals surface area contributed by atoms with E-state index in [1.54, 1.807) is 0 Å². The van der Waals surface area contributed by atoms with Crippen molar-refractivity contribution in [2.75, 3.05) is 0 Å². The van der Waals surface area contributed by atoms with E-state index in [4.69, 9.17) is 31.9 Å². The van der Waals surface area contributed by atoms with Crippen LogP contribution in [0.3, 0.4) is 0 Å². The first-order valence-electron chi connectivity index (χ1n) is 9.74. The lowest BCUT2D eigenvalue weighted by Crippen LogP contribution is -2.33. The zero-order chi connectivity index (χ0) is 24.0. The van der Waals surface area contributed by atoms with Crippen LogP contribution in [-0.2, 0) is 0 Å². The predicted molar refractivity (Wildman–Crippen MR) is 114 cm³/mol. The van der Waals surface area contributed by atoms with Crippen molar-refractivity contribution in [3.8, 4) is 11.1 Å². The number of aromatic carboxylic acids is 4. The van der Waals surface area contributed by atoms with Crippen LogP contribution >= 0.6 is 0 Å². The van der Waals surface area contributed by atoms with E-state index in [1.807, 2.05) is 0 Å². The Morgan fingerprint density at radius 2 is 0.844 bits per heavy atom. The minimum Gasteiger partial charge on any atom is -0.478 e. The van der Waals surface area contributed by atoms with E-state index < -0.39 is 46.1 Å². The molecule has 1 saturated carbocycles. The van der Waals surface area contributed by atoms with Gasteiger partial charge in [0.25, 0.3) is 0 Å². The highest BCUT2D eigenvalue weighted by Crippen LogP contribution is 2.26. The van der Waals surface area contributed by atoms with Crippen molar-refractivity contribution in [3.63, 3.8) is 0 Å². The summed E-state index contributed by atoms with van der Waals surface area (Å²) >= 11 is 0. The van der Waals surface area contributed by atoms with Gasteiger partial charge in [-0.2, -0.15) is 0 Å². The van der Waals surface area contributed by atoms with Crippen LogP contribution in [-0.4, -0.2) is 56.4 Å². The Morgan fingerprint density at radius 1 is 0.562 bits per heavy atom. The monoisotopic (exact) mass is 444 g/mol. The Kier molecular flexibility index (Phi) is 8.05. The van der Waals surface area contributed by atoms with Crippen LogP contribution in [0.1, 0.15) is 67.1 Å². The lowest BCUT2D eigenvalue weighted by molar-refractivity contribution is 0.0651. The van der Waals surface area contributed by atoms with Gasteiger partial charge in [0.05, 0.1) is 22.3 Å². The van der Waals surface area contributed by atoms with Crippen LogP contribution in [0.25, 0.3) is 11.1 Å². The zero-order valence-corrected chi connectivity index (χ0v) is 17.0. The summed E-state index contributed by atoms with van der Waals surface area (Å²) in [7, 11) is 0. The molecule has 1 aliphatic rings. The summed E-state index contributed by atoms with van der Waals surface area (Å²) in [5.74, 6) is -5.72. The van der Waals surface area contributed by atoms with Crippen LogP contribution in [0.5, 0.6) is 0 Å². The molecule has 32 heavy (non-hydrogen) atoms. The maximum absolute atomic E-state index is 11.2. The summed E-state index contributed by atoms with van der Waals surface area (Å²) in [5.41, 5.74) is 10.0. The van der Waals surface area contributed by atoms with Gasteiger partial charge < -0.3 is 31.9 Å². The topological polar surface area (TPSA) is 201 Å². The highest BCUT2D eigenvalue weighted by molar-refractivity contribution is 6.04. The molecule has 0 saturated heterocycles. The van der Waals surface area contributed by atoms with Gasteiger partial charge in [-0.05, 0) is 61.1 Å². The molecular formula is C22H24N2O8. The summed E-state index contributed by atoms with van der Waals surface area (Å²) in [6.07, 6.45) is 4.50. The molecular weight excluding hydrogens is 420 g/mol. The molecule has 0 aliphatic heterocycles.